The molecule has 1 aliphatic heterocycles. The van der Waals surface area contributed by atoms with Gasteiger partial charge in [0.2, 0.25) is 0 Å². The van der Waals surface area contributed by atoms with Crippen molar-refractivity contribution in [3.8, 4) is 0 Å². The largest absolute Gasteiger partial charge is 0.348 e. The molecule has 0 aliphatic carbocycles. The molecule has 2 aromatic carbocycles. The van der Waals surface area contributed by atoms with Gasteiger partial charge in [0.05, 0.1) is 15.8 Å². The fourth-order valence-corrected chi connectivity index (χ4v) is 6.67. The molecular weight excluding hydrogens is 480 g/mol. The first-order valence-electron chi connectivity index (χ1n) is 10.2. The van der Waals surface area contributed by atoms with Gasteiger partial charge in [0.25, 0.3) is 0 Å². The number of anilines is 1. The van der Waals surface area contributed by atoms with E-state index in [1.807, 2.05) is 0 Å². The lowest BCUT2D eigenvalue weighted by Gasteiger charge is -2.31. The molecule has 4 rings (SSSR count). The van der Waals surface area contributed by atoms with E-state index in [0.717, 1.165) is 41.2 Å². The van der Waals surface area contributed by atoms with Crippen LogP contribution in [-0.2, 0) is 22.7 Å². The highest BCUT2D eigenvalue weighted by Crippen LogP contribution is 2.30. The van der Waals surface area contributed by atoms with Crippen molar-refractivity contribution in [3.63, 3.8) is 0 Å². The van der Waals surface area contributed by atoms with E-state index in [9.17, 15) is 8.42 Å². The summed E-state index contributed by atoms with van der Waals surface area (Å²) >= 11 is 5.01. The van der Waals surface area contributed by atoms with E-state index in [0.29, 0.717) is 17.7 Å². The Kier molecular flexibility index (Phi) is 6.60. The molecule has 0 amide bonds. The molecule has 1 aliphatic rings. The zero-order valence-electron chi connectivity index (χ0n) is 16.9. The Morgan fingerprint density at radius 2 is 1.67 bits per heavy atom. The van der Waals surface area contributed by atoms with Crippen LogP contribution in [0.4, 0.5) is 5.13 Å². The number of halogens is 1. The van der Waals surface area contributed by atoms with E-state index < -0.39 is 9.84 Å². The number of hydrogen-bond donors (Lipinski definition) is 0. The number of sulfone groups is 1. The van der Waals surface area contributed by atoms with Crippen molar-refractivity contribution in [1.82, 2.24) is 4.98 Å². The van der Waals surface area contributed by atoms with Gasteiger partial charge in [0.15, 0.2) is 15.0 Å². The number of thiazole rings is 1. The molecule has 0 unspecified atom stereocenters. The van der Waals surface area contributed by atoms with E-state index in [-0.39, 0.29) is 5.25 Å². The molecule has 0 N–H and O–H groups in total. The number of benzene rings is 2. The lowest BCUT2D eigenvalue weighted by Crippen LogP contribution is -2.39. The summed E-state index contributed by atoms with van der Waals surface area (Å²) in [6, 6.07) is 15.7. The Bertz CT molecular complexity index is 1080. The Morgan fingerprint density at radius 3 is 2.30 bits per heavy atom. The van der Waals surface area contributed by atoms with Crippen molar-refractivity contribution >= 4 is 42.2 Å². The van der Waals surface area contributed by atoms with Crippen molar-refractivity contribution in [2.75, 3.05) is 18.0 Å². The molecule has 3 aromatic rings. The Morgan fingerprint density at radius 1 is 1.03 bits per heavy atom. The quantitative estimate of drug-likeness (QED) is 0.444. The monoisotopic (exact) mass is 504 g/mol. The molecule has 0 radical (unpaired) electrons. The fraction of sp³-hybridized carbons (Fsp3) is 0.348. The zero-order valence-corrected chi connectivity index (χ0v) is 20.1. The van der Waals surface area contributed by atoms with Crippen molar-refractivity contribution in [2.45, 2.75) is 42.8 Å². The maximum Gasteiger partial charge on any atom is 0.185 e. The third-order valence-corrected chi connectivity index (χ3v) is 9.41. The van der Waals surface area contributed by atoms with E-state index >= 15 is 0 Å². The predicted molar refractivity (Wildman–Crippen MR) is 127 cm³/mol. The van der Waals surface area contributed by atoms with Crippen LogP contribution in [0.1, 0.15) is 36.6 Å². The van der Waals surface area contributed by atoms with Gasteiger partial charge in [-0.2, -0.15) is 0 Å². The number of aromatic nitrogens is 1. The van der Waals surface area contributed by atoms with Gasteiger partial charge in [-0.05, 0) is 54.7 Å². The Balaban J connectivity index is 1.38. The van der Waals surface area contributed by atoms with Crippen LogP contribution in [0.3, 0.4) is 0 Å². The van der Waals surface area contributed by atoms with Crippen molar-refractivity contribution in [3.05, 3.63) is 75.2 Å². The smallest absolute Gasteiger partial charge is 0.185 e. The summed E-state index contributed by atoms with van der Waals surface area (Å²) in [5, 5.41) is 2.79. The van der Waals surface area contributed by atoms with Crippen LogP contribution in [-0.4, -0.2) is 31.7 Å². The third kappa shape index (κ3) is 4.79. The first-order valence-corrected chi connectivity index (χ1v) is 13.4. The molecule has 30 heavy (non-hydrogen) atoms. The van der Waals surface area contributed by atoms with E-state index in [1.54, 1.807) is 35.6 Å². The van der Waals surface area contributed by atoms with Gasteiger partial charge in [-0.25, -0.2) is 13.4 Å². The summed E-state index contributed by atoms with van der Waals surface area (Å²) in [4.78, 5) is 7.45. The minimum atomic E-state index is -3.29. The third-order valence-electron chi connectivity index (χ3n) is 5.65. The normalized spacial score (nSPS) is 15.5. The Labute approximate surface area is 191 Å². The maximum absolute atomic E-state index is 12.9. The molecule has 1 aromatic heterocycles. The molecule has 4 nitrogen and oxygen atoms in total. The number of nitrogens with zero attached hydrogens (tertiary/aromatic N) is 2. The Hall–Kier alpha value is -1.70. The highest BCUT2D eigenvalue weighted by atomic mass is 79.9. The predicted octanol–water partition coefficient (Wildman–Crippen LogP) is 5.50. The maximum atomic E-state index is 12.9. The molecule has 0 spiro atoms. The average molecular weight is 506 g/mol. The average Bonchev–Trinajstić information content (AvgIpc) is 3.23. The number of aryl methyl sites for hydroxylation is 1. The molecule has 1 fully saturated rings. The van der Waals surface area contributed by atoms with Crippen molar-refractivity contribution < 1.29 is 8.42 Å². The fourth-order valence-electron chi connectivity index (χ4n) is 3.80. The van der Waals surface area contributed by atoms with Crippen LogP contribution in [0.2, 0.25) is 0 Å². The molecule has 0 atom stereocenters. The number of hydrogen-bond acceptors (Lipinski definition) is 5. The lowest BCUT2D eigenvalue weighted by atomic mass is 10.1. The minimum Gasteiger partial charge on any atom is -0.348 e. The van der Waals surface area contributed by atoms with Gasteiger partial charge >= 0.3 is 0 Å². The van der Waals surface area contributed by atoms with Crippen LogP contribution in [0, 0.1) is 0 Å². The summed E-state index contributed by atoms with van der Waals surface area (Å²) in [5.74, 6) is 0. The van der Waals surface area contributed by atoms with Crippen molar-refractivity contribution in [2.24, 2.45) is 0 Å². The summed E-state index contributed by atoms with van der Waals surface area (Å²) in [7, 11) is -3.29. The van der Waals surface area contributed by atoms with E-state index in [2.05, 4.69) is 57.4 Å². The highest BCUT2D eigenvalue weighted by Gasteiger charge is 2.32. The van der Waals surface area contributed by atoms with Crippen LogP contribution < -0.4 is 4.90 Å². The number of rotatable bonds is 6. The van der Waals surface area contributed by atoms with Crippen LogP contribution in [0.5, 0.6) is 0 Å². The summed E-state index contributed by atoms with van der Waals surface area (Å²) in [6.45, 7) is 3.60. The van der Waals surface area contributed by atoms with Gasteiger partial charge in [-0.15, -0.1) is 11.3 Å². The van der Waals surface area contributed by atoms with Gasteiger partial charge < -0.3 is 4.90 Å². The molecule has 7 heteroatoms. The standard InChI is InChI=1S/C23H25BrN2O2S2/c1-2-17-3-5-18(6-4-17)15-20-16-29-23(25-20)26-13-11-22(12-14-26)30(27,28)21-9-7-19(24)8-10-21/h3-10,16,22H,2,11-15H2,1H3. The van der Waals surface area contributed by atoms with Gasteiger partial charge in [-0.1, -0.05) is 47.1 Å². The summed E-state index contributed by atoms with van der Waals surface area (Å²) in [5.41, 5.74) is 3.69. The second-order valence-corrected chi connectivity index (χ2v) is 11.6. The first kappa shape index (κ1) is 21.5. The molecule has 0 saturated carbocycles. The first-order chi connectivity index (χ1) is 14.5. The number of piperidine rings is 1. The second kappa shape index (κ2) is 9.20. The molecular formula is C23H25BrN2O2S2. The van der Waals surface area contributed by atoms with Crippen molar-refractivity contribution in [1.29, 1.82) is 0 Å². The highest BCUT2D eigenvalue weighted by molar-refractivity contribution is 9.10. The molecule has 0 bridgehead atoms. The summed E-state index contributed by atoms with van der Waals surface area (Å²) in [6.07, 6.45) is 3.14. The summed E-state index contributed by atoms with van der Waals surface area (Å²) < 4.78 is 26.8. The van der Waals surface area contributed by atoms with E-state index in [1.165, 1.54) is 11.1 Å². The second-order valence-electron chi connectivity index (χ2n) is 7.65. The minimum absolute atomic E-state index is 0.327. The molecule has 2 heterocycles. The topological polar surface area (TPSA) is 50.3 Å². The van der Waals surface area contributed by atoms with Gasteiger partial charge in [0, 0.05) is 29.4 Å². The molecule has 1 saturated heterocycles. The molecule has 158 valence electrons. The SMILES string of the molecule is CCc1ccc(Cc2csc(N3CCC(S(=O)(=O)c4ccc(Br)cc4)CC3)n2)cc1. The van der Waals surface area contributed by atoms with E-state index in [4.69, 9.17) is 4.98 Å². The van der Waals surface area contributed by atoms with Gasteiger partial charge in [0.1, 0.15) is 0 Å². The van der Waals surface area contributed by atoms with Crippen LogP contribution >= 0.6 is 27.3 Å². The van der Waals surface area contributed by atoms with Crippen LogP contribution in [0.15, 0.2) is 63.3 Å². The van der Waals surface area contributed by atoms with Gasteiger partial charge in [-0.3, -0.25) is 0 Å². The lowest BCUT2D eigenvalue weighted by molar-refractivity contribution is 0.529. The van der Waals surface area contributed by atoms with Crippen LogP contribution in [0.25, 0.3) is 0 Å². The zero-order chi connectivity index (χ0) is 21.1.